The summed E-state index contributed by atoms with van der Waals surface area (Å²) in [6.45, 7) is 4.91. The Hall–Kier alpha value is -3.26. The summed E-state index contributed by atoms with van der Waals surface area (Å²) in [5, 5.41) is 14.5. The van der Waals surface area contributed by atoms with Crippen molar-refractivity contribution < 1.29 is 0 Å². The highest BCUT2D eigenvalue weighted by atomic mass is 15.3. The molecule has 0 amide bonds. The van der Waals surface area contributed by atoms with Crippen molar-refractivity contribution in [1.29, 1.82) is 0 Å². The fraction of sp³-hybridized carbons (Fsp3) is 0.300. The maximum absolute atomic E-state index is 4.47. The molecular formula is C20H24N8. The number of hydrogen-bond acceptors (Lipinski definition) is 8. The lowest BCUT2D eigenvalue weighted by molar-refractivity contribution is 0.313. The van der Waals surface area contributed by atoms with E-state index >= 15 is 0 Å². The fourth-order valence-electron chi connectivity index (χ4n) is 3.09. The zero-order chi connectivity index (χ0) is 19.2. The van der Waals surface area contributed by atoms with Crippen LogP contribution >= 0.6 is 0 Å². The van der Waals surface area contributed by atoms with Gasteiger partial charge in [0, 0.05) is 56.5 Å². The van der Waals surface area contributed by atoms with Crippen molar-refractivity contribution in [3.63, 3.8) is 0 Å². The molecule has 0 spiro atoms. The Balaban J connectivity index is 1.36. The van der Waals surface area contributed by atoms with Crippen molar-refractivity contribution in [3.8, 4) is 0 Å². The molecule has 8 heteroatoms. The maximum Gasteiger partial charge on any atom is 0.244 e. The van der Waals surface area contributed by atoms with Crippen LogP contribution in [0.3, 0.4) is 0 Å². The van der Waals surface area contributed by atoms with E-state index in [-0.39, 0.29) is 0 Å². The summed E-state index contributed by atoms with van der Waals surface area (Å²) in [7, 11) is 2.17. The Morgan fingerprint density at radius 1 is 1.00 bits per heavy atom. The number of nitrogens with zero attached hydrogens (tertiary/aromatic N) is 6. The first-order chi connectivity index (χ1) is 13.8. The summed E-state index contributed by atoms with van der Waals surface area (Å²) < 4.78 is 0. The van der Waals surface area contributed by atoms with E-state index in [0.29, 0.717) is 18.3 Å². The molecule has 1 aliphatic rings. The van der Waals surface area contributed by atoms with Gasteiger partial charge >= 0.3 is 0 Å². The van der Waals surface area contributed by atoms with E-state index in [2.05, 4.69) is 71.9 Å². The smallest absolute Gasteiger partial charge is 0.244 e. The van der Waals surface area contributed by atoms with Crippen LogP contribution in [0.1, 0.15) is 5.56 Å². The molecule has 28 heavy (non-hydrogen) atoms. The molecule has 2 aromatic heterocycles. The molecule has 1 aromatic carbocycles. The van der Waals surface area contributed by atoms with Crippen LogP contribution in [0.5, 0.6) is 0 Å². The third-order valence-corrected chi connectivity index (χ3v) is 4.74. The summed E-state index contributed by atoms with van der Waals surface area (Å²) in [4.78, 5) is 13.3. The number of hydrogen-bond donors (Lipinski definition) is 2. The first kappa shape index (κ1) is 18.1. The number of benzene rings is 1. The molecular weight excluding hydrogens is 352 g/mol. The van der Waals surface area contributed by atoms with Crippen molar-refractivity contribution in [3.05, 3.63) is 60.6 Å². The summed E-state index contributed by atoms with van der Waals surface area (Å²) >= 11 is 0. The van der Waals surface area contributed by atoms with Gasteiger partial charge in [-0.05, 0) is 42.9 Å². The minimum Gasteiger partial charge on any atom is -0.369 e. The molecule has 0 aliphatic carbocycles. The van der Waals surface area contributed by atoms with Gasteiger partial charge in [0.15, 0.2) is 5.82 Å². The molecule has 1 fully saturated rings. The average molecular weight is 376 g/mol. The molecule has 3 aromatic rings. The number of likely N-dealkylation sites (N-methyl/N-ethyl adjacent to an activating group) is 1. The van der Waals surface area contributed by atoms with Gasteiger partial charge in [0.2, 0.25) is 5.95 Å². The molecule has 0 atom stereocenters. The van der Waals surface area contributed by atoms with E-state index in [1.54, 1.807) is 12.4 Å². The van der Waals surface area contributed by atoms with Crippen molar-refractivity contribution in [2.75, 3.05) is 48.8 Å². The van der Waals surface area contributed by atoms with Crippen LogP contribution < -0.4 is 15.5 Å². The van der Waals surface area contributed by atoms with E-state index < -0.39 is 0 Å². The molecule has 144 valence electrons. The van der Waals surface area contributed by atoms with E-state index in [9.17, 15) is 0 Å². The molecule has 2 N–H and O–H groups in total. The minimum atomic E-state index is 0.475. The molecule has 0 saturated carbocycles. The van der Waals surface area contributed by atoms with Gasteiger partial charge in [-0.2, -0.15) is 10.1 Å². The monoisotopic (exact) mass is 376 g/mol. The third kappa shape index (κ3) is 4.72. The number of aromatic nitrogens is 4. The second-order valence-corrected chi connectivity index (χ2v) is 6.84. The highest BCUT2D eigenvalue weighted by Gasteiger charge is 2.14. The lowest BCUT2D eigenvalue weighted by Gasteiger charge is -2.34. The fourth-order valence-corrected chi connectivity index (χ4v) is 3.09. The standard InChI is InChI=1S/C20H24N8/c1-27-9-11-28(12-10-27)18-6-4-17(5-7-18)24-19-15-23-26-20(25-19)22-14-16-3-2-8-21-13-16/h2-8,13,15H,9-12,14H2,1H3,(H2,22,24,25,26). The van der Waals surface area contributed by atoms with Gasteiger partial charge in [0.1, 0.15) is 0 Å². The van der Waals surface area contributed by atoms with Gasteiger partial charge in [-0.3, -0.25) is 4.98 Å². The third-order valence-electron chi connectivity index (χ3n) is 4.74. The maximum atomic E-state index is 4.47. The summed E-state index contributed by atoms with van der Waals surface area (Å²) in [5.41, 5.74) is 3.28. The van der Waals surface area contributed by atoms with Crippen LogP contribution in [-0.2, 0) is 6.54 Å². The lowest BCUT2D eigenvalue weighted by atomic mass is 10.2. The van der Waals surface area contributed by atoms with Crippen molar-refractivity contribution in [2.45, 2.75) is 6.54 Å². The van der Waals surface area contributed by atoms with Gasteiger partial charge in [0.05, 0.1) is 6.20 Å². The zero-order valence-corrected chi connectivity index (χ0v) is 15.9. The minimum absolute atomic E-state index is 0.475. The average Bonchev–Trinajstić information content (AvgIpc) is 2.75. The van der Waals surface area contributed by atoms with Gasteiger partial charge in [0.25, 0.3) is 0 Å². The highest BCUT2D eigenvalue weighted by molar-refractivity contribution is 5.61. The predicted octanol–water partition coefficient (Wildman–Crippen LogP) is 2.37. The molecule has 1 saturated heterocycles. The van der Waals surface area contributed by atoms with Crippen molar-refractivity contribution in [1.82, 2.24) is 25.1 Å². The van der Waals surface area contributed by atoms with Crippen LogP contribution in [0, 0.1) is 0 Å². The lowest BCUT2D eigenvalue weighted by Crippen LogP contribution is -2.44. The van der Waals surface area contributed by atoms with E-state index in [1.165, 1.54) is 5.69 Å². The Morgan fingerprint density at radius 3 is 2.57 bits per heavy atom. The number of anilines is 4. The molecule has 0 bridgehead atoms. The molecule has 3 heterocycles. The first-order valence-electron chi connectivity index (χ1n) is 9.39. The predicted molar refractivity (Wildman–Crippen MR) is 111 cm³/mol. The highest BCUT2D eigenvalue weighted by Crippen LogP contribution is 2.21. The largest absolute Gasteiger partial charge is 0.369 e. The second-order valence-electron chi connectivity index (χ2n) is 6.84. The molecule has 1 aliphatic heterocycles. The van der Waals surface area contributed by atoms with E-state index in [1.807, 2.05) is 18.3 Å². The van der Waals surface area contributed by atoms with Gasteiger partial charge in [-0.1, -0.05) is 6.07 Å². The van der Waals surface area contributed by atoms with Crippen molar-refractivity contribution in [2.24, 2.45) is 0 Å². The summed E-state index contributed by atoms with van der Waals surface area (Å²) in [5.74, 6) is 1.12. The van der Waals surface area contributed by atoms with E-state index in [4.69, 9.17) is 0 Å². The number of nitrogens with one attached hydrogen (secondary N) is 2. The number of rotatable bonds is 6. The molecule has 4 rings (SSSR count). The quantitative estimate of drug-likeness (QED) is 0.679. The van der Waals surface area contributed by atoms with Crippen LogP contribution in [-0.4, -0.2) is 58.3 Å². The zero-order valence-electron chi connectivity index (χ0n) is 15.9. The van der Waals surface area contributed by atoms with Crippen molar-refractivity contribution >= 4 is 23.1 Å². The van der Waals surface area contributed by atoms with E-state index in [0.717, 1.165) is 37.4 Å². The number of piperazine rings is 1. The Labute approximate surface area is 164 Å². The first-order valence-corrected chi connectivity index (χ1v) is 9.39. The van der Waals surface area contributed by atoms with Crippen LogP contribution in [0.2, 0.25) is 0 Å². The van der Waals surface area contributed by atoms with Crippen LogP contribution in [0.15, 0.2) is 55.0 Å². The van der Waals surface area contributed by atoms with Crippen LogP contribution in [0.25, 0.3) is 0 Å². The molecule has 0 radical (unpaired) electrons. The Morgan fingerprint density at radius 2 is 1.82 bits per heavy atom. The number of pyridine rings is 1. The molecule has 0 unspecified atom stereocenters. The van der Waals surface area contributed by atoms with Crippen LogP contribution in [0.4, 0.5) is 23.1 Å². The molecule has 8 nitrogen and oxygen atoms in total. The topological polar surface area (TPSA) is 82.1 Å². The summed E-state index contributed by atoms with van der Waals surface area (Å²) in [6, 6.07) is 12.3. The summed E-state index contributed by atoms with van der Waals surface area (Å²) in [6.07, 6.45) is 5.18. The Kier molecular flexibility index (Phi) is 5.58. The Bertz CT molecular complexity index is 876. The van der Waals surface area contributed by atoms with Gasteiger partial charge < -0.3 is 20.4 Å². The normalized spacial score (nSPS) is 14.7. The SMILES string of the molecule is CN1CCN(c2ccc(Nc3cnnc(NCc4cccnc4)n3)cc2)CC1. The van der Waals surface area contributed by atoms with Gasteiger partial charge in [-0.15, -0.1) is 5.10 Å². The second kappa shape index (κ2) is 8.62. The van der Waals surface area contributed by atoms with Gasteiger partial charge in [-0.25, -0.2) is 0 Å².